The number of esters is 1. The Morgan fingerprint density at radius 1 is 0.581 bits per heavy atom. The van der Waals surface area contributed by atoms with Crippen molar-refractivity contribution < 1.29 is 9.53 Å². The van der Waals surface area contributed by atoms with Gasteiger partial charge >= 0.3 is 5.97 Å². The highest BCUT2D eigenvalue weighted by atomic mass is 16.5. The predicted octanol–water partition coefficient (Wildman–Crippen LogP) is 9.95. The molecule has 0 aromatic carbocycles. The van der Waals surface area contributed by atoms with Gasteiger partial charge in [0.05, 0.1) is 6.61 Å². The summed E-state index contributed by atoms with van der Waals surface area (Å²) in [5.74, 6) is -0.252. The van der Waals surface area contributed by atoms with Crippen molar-refractivity contribution in [2.45, 2.75) is 156 Å². The highest BCUT2D eigenvalue weighted by Crippen LogP contribution is 2.22. The quantitative estimate of drug-likeness (QED) is 0.0958. The molecule has 0 fully saturated rings. The molecule has 2 nitrogen and oxygen atoms in total. The van der Waals surface area contributed by atoms with E-state index in [1.165, 1.54) is 122 Å². The van der Waals surface area contributed by atoms with Crippen molar-refractivity contribution in [3.05, 3.63) is 12.2 Å². The molecule has 2 heteroatoms. The molecule has 31 heavy (non-hydrogen) atoms. The van der Waals surface area contributed by atoms with Crippen molar-refractivity contribution in [1.82, 2.24) is 0 Å². The van der Waals surface area contributed by atoms with E-state index in [2.05, 4.69) is 27.4 Å². The predicted molar refractivity (Wildman–Crippen MR) is 138 cm³/mol. The van der Waals surface area contributed by atoms with Gasteiger partial charge in [0.1, 0.15) is 0 Å². The monoisotopic (exact) mass is 436 g/mol. The molecule has 0 amide bonds. The fraction of sp³-hybridized carbons (Fsp3) is 0.897. The number of rotatable bonds is 22. The number of hydrogen-bond donors (Lipinski definition) is 0. The van der Waals surface area contributed by atoms with Gasteiger partial charge in [-0.25, -0.2) is 4.79 Å². The van der Waals surface area contributed by atoms with E-state index in [1.807, 2.05) is 0 Å². The minimum absolute atomic E-state index is 0.252. The van der Waals surface area contributed by atoms with Crippen molar-refractivity contribution in [2.75, 3.05) is 6.61 Å². The molecule has 0 spiro atoms. The summed E-state index contributed by atoms with van der Waals surface area (Å²) < 4.78 is 5.11. The molecule has 0 heterocycles. The van der Waals surface area contributed by atoms with Crippen molar-refractivity contribution in [3.63, 3.8) is 0 Å². The molecular formula is C29H56O2. The first-order valence-corrected chi connectivity index (χ1v) is 13.7. The van der Waals surface area contributed by atoms with Crippen LogP contribution in [0.25, 0.3) is 0 Å². The van der Waals surface area contributed by atoms with E-state index in [1.54, 1.807) is 6.92 Å². The molecule has 0 aliphatic carbocycles. The molecule has 0 aromatic rings. The molecule has 0 aliphatic rings. The zero-order valence-corrected chi connectivity index (χ0v) is 21.9. The molecule has 0 N–H and O–H groups in total. The van der Waals surface area contributed by atoms with E-state index in [-0.39, 0.29) is 5.97 Å². The number of ether oxygens (including phenoxy) is 1. The Morgan fingerprint density at radius 3 is 1.16 bits per heavy atom. The molecule has 0 saturated carbocycles. The first kappa shape index (κ1) is 30.2. The van der Waals surface area contributed by atoms with E-state index in [0.29, 0.717) is 17.6 Å². The zero-order valence-electron chi connectivity index (χ0n) is 21.9. The van der Waals surface area contributed by atoms with Gasteiger partial charge in [-0.1, -0.05) is 143 Å². The average molecular weight is 437 g/mol. The van der Waals surface area contributed by atoms with Crippen LogP contribution in [0.4, 0.5) is 0 Å². The zero-order chi connectivity index (χ0) is 23.2. The van der Waals surface area contributed by atoms with Crippen LogP contribution in [0.15, 0.2) is 12.2 Å². The summed E-state index contributed by atoms with van der Waals surface area (Å²) in [6.07, 6.45) is 27.6. The normalized spacial score (nSPS) is 11.6. The first-order valence-electron chi connectivity index (χ1n) is 13.7. The van der Waals surface area contributed by atoms with Gasteiger partial charge in [0.2, 0.25) is 0 Å². The molecule has 0 saturated heterocycles. The minimum atomic E-state index is -0.252. The van der Waals surface area contributed by atoms with Crippen LogP contribution in [0, 0.1) is 5.41 Å². The molecule has 0 atom stereocenters. The van der Waals surface area contributed by atoms with Crippen molar-refractivity contribution >= 4 is 5.97 Å². The van der Waals surface area contributed by atoms with Gasteiger partial charge in [-0.05, 0) is 25.2 Å². The second kappa shape index (κ2) is 21.1. The number of carbonyl (C=O) groups is 1. The maximum absolute atomic E-state index is 11.2. The van der Waals surface area contributed by atoms with Crippen molar-refractivity contribution in [1.29, 1.82) is 0 Å². The fourth-order valence-electron chi connectivity index (χ4n) is 4.05. The molecule has 0 unspecified atom stereocenters. The van der Waals surface area contributed by atoms with E-state index >= 15 is 0 Å². The lowest BCUT2D eigenvalue weighted by molar-refractivity contribution is -0.139. The molecular weight excluding hydrogens is 380 g/mol. The Hall–Kier alpha value is -0.790. The number of carbonyl (C=O) groups excluding carboxylic acids is 1. The lowest BCUT2D eigenvalue weighted by atomic mass is 9.89. The van der Waals surface area contributed by atoms with E-state index in [4.69, 9.17) is 4.74 Å². The standard InChI is InChI=1S/C29H56O2/c1-27(2)28(30)31-26-24-22-20-18-16-14-12-10-8-6-7-9-11-13-15-17-19-21-23-25-29(3,4)5/h1,6-26H2,2-5H3. The second-order valence-electron chi connectivity index (χ2n) is 10.9. The van der Waals surface area contributed by atoms with Crippen LogP contribution in [0.5, 0.6) is 0 Å². The fourth-order valence-corrected chi connectivity index (χ4v) is 4.05. The summed E-state index contributed by atoms with van der Waals surface area (Å²) in [6, 6.07) is 0. The summed E-state index contributed by atoms with van der Waals surface area (Å²) in [6.45, 7) is 12.9. The lowest BCUT2D eigenvalue weighted by Gasteiger charge is -2.17. The van der Waals surface area contributed by atoms with Crippen LogP contribution >= 0.6 is 0 Å². The van der Waals surface area contributed by atoms with Crippen LogP contribution in [0.3, 0.4) is 0 Å². The van der Waals surface area contributed by atoms with Gasteiger partial charge in [-0.3, -0.25) is 0 Å². The average Bonchev–Trinajstić information content (AvgIpc) is 2.70. The molecule has 0 aliphatic heterocycles. The van der Waals surface area contributed by atoms with Crippen LogP contribution in [-0.2, 0) is 9.53 Å². The Kier molecular flexibility index (Phi) is 20.5. The van der Waals surface area contributed by atoms with Gasteiger partial charge in [-0.15, -0.1) is 0 Å². The Labute approximate surface area is 196 Å². The third-order valence-electron chi connectivity index (χ3n) is 6.15. The third-order valence-corrected chi connectivity index (χ3v) is 6.15. The first-order chi connectivity index (χ1) is 14.8. The van der Waals surface area contributed by atoms with Gasteiger partial charge in [0.25, 0.3) is 0 Å². The van der Waals surface area contributed by atoms with Crippen LogP contribution in [0.2, 0.25) is 0 Å². The second-order valence-corrected chi connectivity index (χ2v) is 10.9. The van der Waals surface area contributed by atoms with Gasteiger partial charge < -0.3 is 4.74 Å². The smallest absolute Gasteiger partial charge is 0.333 e. The maximum Gasteiger partial charge on any atom is 0.333 e. The summed E-state index contributed by atoms with van der Waals surface area (Å²) in [4.78, 5) is 11.2. The number of hydrogen-bond acceptors (Lipinski definition) is 2. The van der Waals surface area contributed by atoms with Gasteiger partial charge in [-0.2, -0.15) is 0 Å². The lowest BCUT2D eigenvalue weighted by Crippen LogP contribution is -2.05. The van der Waals surface area contributed by atoms with Gasteiger partial charge in [0, 0.05) is 5.57 Å². The largest absolute Gasteiger partial charge is 0.462 e. The van der Waals surface area contributed by atoms with Crippen LogP contribution in [-0.4, -0.2) is 12.6 Å². The highest BCUT2D eigenvalue weighted by Gasteiger charge is 2.08. The molecule has 0 bridgehead atoms. The Balaban J connectivity index is 3.10. The topological polar surface area (TPSA) is 26.3 Å². The van der Waals surface area contributed by atoms with Crippen LogP contribution in [0.1, 0.15) is 156 Å². The maximum atomic E-state index is 11.2. The van der Waals surface area contributed by atoms with E-state index < -0.39 is 0 Å². The molecule has 0 rings (SSSR count). The SMILES string of the molecule is C=C(C)C(=O)OCCCCCCCCCCCCCCCCCCCCCC(C)(C)C. The summed E-state index contributed by atoms with van der Waals surface area (Å²) >= 11 is 0. The Bertz CT molecular complexity index is 419. The summed E-state index contributed by atoms with van der Waals surface area (Å²) in [5.41, 5.74) is 1.01. The third kappa shape index (κ3) is 25.3. The van der Waals surface area contributed by atoms with E-state index in [9.17, 15) is 4.79 Å². The molecule has 184 valence electrons. The van der Waals surface area contributed by atoms with Crippen molar-refractivity contribution in [3.8, 4) is 0 Å². The van der Waals surface area contributed by atoms with Crippen LogP contribution < -0.4 is 0 Å². The van der Waals surface area contributed by atoms with Crippen molar-refractivity contribution in [2.24, 2.45) is 5.41 Å². The highest BCUT2D eigenvalue weighted by molar-refractivity contribution is 5.86. The summed E-state index contributed by atoms with van der Waals surface area (Å²) in [5, 5.41) is 0. The minimum Gasteiger partial charge on any atom is -0.462 e. The van der Waals surface area contributed by atoms with E-state index in [0.717, 1.165) is 6.42 Å². The van der Waals surface area contributed by atoms with Gasteiger partial charge in [0.15, 0.2) is 0 Å². The molecule has 0 aromatic heterocycles. The number of unbranched alkanes of at least 4 members (excludes halogenated alkanes) is 18. The Morgan fingerprint density at radius 2 is 0.871 bits per heavy atom. The summed E-state index contributed by atoms with van der Waals surface area (Å²) in [7, 11) is 0. The molecule has 0 radical (unpaired) electrons.